The van der Waals surface area contributed by atoms with Crippen molar-refractivity contribution in [2.45, 2.75) is 26.9 Å². The molecule has 0 heterocycles. The Balaban J connectivity index is 2.53. The number of aliphatic hydroxyl groups excluding tert-OH is 1. The van der Waals surface area contributed by atoms with E-state index in [1.54, 1.807) is 12.1 Å². The lowest BCUT2D eigenvalue weighted by atomic mass is 9.94. The lowest BCUT2D eigenvalue weighted by Crippen LogP contribution is -2.07. The third-order valence-electron chi connectivity index (χ3n) is 3.54. The highest BCUT2D eigenvalue weighted by Gasteiger charge is 2.20. The molecule has 0 aliphatic rings. The van der Waals surface area contributed by atoms with Crippen LogP contribution in [0.5, 0.6) is 0 Å². The maximum absolute atomic E-state index is 13.9. The van der Waals surface area contributed by atoms with Crippen molar-refractivity contribution in [3.05, 3.63) is 69.8 Å². The van der Waals surface area contributed by atoms with Crippen LogP contribution >= 0.6 is 0 Å². The highest BCUT2D eigenvalue weighted by Crippen LogP contribution is 2.29. The van der Waals surface area contributed by atoms with E-state index in [2.05, 4.69) is 0 Å². The van der Waals surface area contributed by atoms with Crippen molar-refractivity contribution < 1.29 is 13.9 Å². The molecule has 0 aliphatic heterocycles. The van der Waals surface area contributed by atoms with Crippen molar-refractivity contribution in [2.24, 2.45) is 0 Å². The van der Waals surface area contributed by atoms with Gasteiger partial charge in [-0.05, 0) is 43.0 Å². The van der Waals surface area contributed by atoms with Gasteiger partial charge in [-0.1, -0.05) is 30.3 Å². The molecule has 1 nitrogen and oxygen atoms in total. The first-order valence-electron chi connectivity index (χ1n) is 6.12. The van der Waals surface area contributed by atoms with Gasteiger partial charge in [-0.3, -0.25) is 0 Å². The van der Waals surface area contributed by atoms with Crippen molar-refractivity contribution in [1.29, 1.82) is 0 Å². The van der Waals surface area contributed by atoms with Gasteiger partial charge in [-0.25, -0.2) is 8.78 Å². The molecule has 19 heavy (non-hydrogen) atoms. The summed E-state index contributed by atoms with van der Waals surface area (Å²) in [6.45, 7) is 5.26. The Bertz CT molecular complexity index is 620. The number of aliphatic hydroxyl groups is 1. The van der Waals surface area contributed by atoms with Crippen LogP contribution < -0.4 is 0 Å². The molecule has 0 saturated carbocycles. The molecule has 0 saturated heterocycles. The number of halogens is 2. The fraction of sp³-hybridized carbons (Fsp3) is 0.250. The molecule has 1 unspecified atom stereocenters. The Morgan fingerprint density at radius 3 is 2.21 bits per heavy atom. The molecule has 0 spiro atoms. The van der Waals surface area contributed by atoms with Gasteiger partial charge in [0.2, 0.25) is 0 Å². The number of rotatable bonds is 2. The van der Waals surface area contributed by atoms with Crippen molar-refractivity contribution in [3.8, 4) is 0 Å². The second-order valence-corrected chi connectivity index (χ2v) is 4.79. The standard InChI is InChI=1S/C16H16F2O/c1-9-5-4-6-12(11(9)3)16(19)13-8-7-10(2)14(17)15(13)18/h4-8,16,19H,1-3H3. The monoisotopic (exact) mass is 262 g/mol. The molecule has 2 aromatic carbocycles. The van der Waals surface area contributed by atoms with Crippen LogP contribution in [-0.4, -0.2) is 5.11 Å². The van der Waals surface area contributed by atoms with E-state index >= 15 is 0 Å². The summed E-state index contributed by atoms with van der Waals surface area (Å²) in [7, 11) is 0. The minimum atomic E-state index is -1.16. The molecule has 0 fully saturated rings. The minimum absolute atomic E-state index is 0.0307. The summed E-state index contributed by atoms with van der Waals surface area (Å²) < 4.78 is 27.5. The number of aryl methyl sites for hydroxylation is 2. The molecule has 0 aromatic heterocycles. The van der Waals surface area contributed by atoms with Gasteiger partial charge < -0.3 is 5.11 Å². The summed E-state index contributed by atoms with van der Waals surface area (Å²) in [6.07, 6.45) is -1.16. The molecular formula is C16H16F2O. The van der Waals surface area contributed by atoms with Crippen LogP contribution in [0.15, 0.2) is 30.3 Å². The first-order valence-corrected chi connectivity index (χ1v) is 6.12. The van der Waals surface area contributed by atoms with E-state index < -0.39 is 17.7 Å². The number of benzene rings is 2. The summed E-state index contributed by atoms with van der Waals surface area (Å²) in [5, 5.41) is 10.3. The third-order valence-corrected chi connectivity index (χ3v) is 3.54. The normalized spacial score (nSPS) is 12.5. The van der Waals surface area contributed by atoms with Crippen LogP contribution in [0.1, 0.15) is 33.9 Å². The summed E-state index contributed by atoms with van der Waals surface area (Å²) >= 11 is 0. The molecule has 1 N–H and O–H groups in total. The Kier molecular flexibility index (Phi) is 3.67. The van der Waals surface area contributed by atoms with Crippen molar-refractivity contribution >= 4 is 0 Å². The van der Waals surface area contributed by atoms with Crippen LogP contribution in [0.2, 0.25) is 0 Å². The highest BCUT2D eigenvalue weighted by atomic mass is 19.2. The number of hydrogen-bond donors (Lipinski definition) is 1. The first-order chi connectivity index (χ1) is 8.93. The summed E-state index contributed by atoms with van der Waals surface area (Å²) in [6, 6.07) is 8.34. The van der Waals surface area contributed by atoms with Gasteiger partial charge in [0, 0.05) is 5.56 Å². The van der Waals surface area contributed by atoms with Gasteiger partial charge in [-0.15, -0.1) is 0 Å². The second-order valence-electron chi connectivity index (χ2n) is 4.79. The Labute approximate surface area is 111 Å². The summed E-state index contributed by atoms with van der Waals surface area (Å²) in [5.41, 5.74) is 2.69. The molecular weight excluding hydrogens is 246 g/mol. The van der Waals surface area contributed by atoms with E-state index in [0.29, 0.717) is 5.56 Å². The van der Waals surface area contributed by atoms with Gasteiger partial charge in [0.1, 0.15) is 6.10 Å². The Morgan fingerprint density at radius 1 is 0.842 bits per heavy atom. The summed E-state index contributed by atoms with van der Waals surface area (Å²) in [4.78, 5) is 0. The average Bonchev–Trinajstić information content (AvgIpc) is 2.39. The van der Waals surface area contributed by atoms with Gasteiger partial charge in [0.25, 0.3) is 0 Å². The van der Waals surface area contributed by atoms with Crippen LogP contribution in [0, 0.1) is 32.4 Å². The van der Waals surface area contributed by atoms with E-state index in [0.717, 1.165) is 11.1 Å². The fourth-order valence-corrected chi connectivity index (χ4v) is 2.11. The van der Waals surface area contributed by atoms with Crippen molar-refractivity contribution in [2.75, 3.05) is 0 Å². The molecule has 0 bridgehead atoms. The van der Waals surface area contributed by atoms with Crippen LogP contribution in [0.4, 0.5) is 8.78 Å². The van der Waals surface area contributed by atoms with E-state index in [-0.39, 0.29) is 11.1 Å². The van der Waals surface area contributed by atoms with E-state index in [4.69, 9.17) is 0 Å². The minimum Gasteiger partial charge on any atom is -0.384 e. The zero-order valence-electron chi connectivity index (χ0n) is 11.2. The van der Waals surface area contributed by atoms with E-state index in [1.165, 1.54) is 19.1 Å². The molecule has 2 rings (SSSR count). The average molecular weight is 262 g/mol. The van der Waals surface area contributed by atoms with Crippen LogP contribution in [0.25, 0.3) is 0 Å². The van der Waals surface area contributed by atoms with Crippen LogP contribution in [-0.2, 0) is 0 Å². The quantitative estimate of drug-likeness (QED) is 0.868. The zero-order chi connectivity index (χ0) is 14.2. The molecule has 1 atom stereocenters. The summed E-state index contributed by atoms with van der Waals surface area (Å²) in [5.74, 6) is -1.88. The largest absolute Gasteiger partial charge is 0.384 e. The lowest BCUT2D eigenvalue weighted by Gasteiger charge is -2.17. The topological polar surface area (TPSA) is 20.2 Å². The van der Waals surface area contributed by atoms with Crippen LogP contribution in [0.3, 0.4) is 0 Å². The predicted octanol–water partition coefficient (Wildman–Crippen LogP) is 3.97. The molecule has 0 aliphatic carbocycles. The maximum atomic E-state index is 13.9. The highest BCUT2D eigenvalue weighted by molar-refractivity contribution is 5.40. The predicted molar refractivity (Wildman–Crippen MR) is 71.1 cm³/mol. The zero-order valence-corrected chi connectivity index (χ0v) is 11.2. The van der Waals surface area contributed by atoms with Crippen molar-refractivity contribution in [1.82, 2.24) is 0 Å². The lowest BCUT2D eigenvalue weighted by molar-refractivity contribution is 0.212. The Hall–Kier alpha value is -1.74. The van der Waals surface area contributed by atoms with E-state index in [1.807, 2.05) is 19.9 Å². The SMILES string of the molecule is Cc1cccc(C(O)c2ccc(C)c(F)c2F)c1C. The molecule has 0 radical (unpaired) electrons. The molecule has 100 valence electrons. The van der Waals surface area contributed by atoms with E-state index in [9.17, 15) is 13.9 Å². The fourth-order valence-electron chi connectivity index (χ4n) is 2.11. The maximum Gasteiger partial charge on any atom is 0.165 e. The third kappa shape index (κ3) is 2.38. The molecule has 0 amide bonds. The molecule has 2 aromatic rings. The second kappa shape index (κ2) is 5.10. The number of hydrogen-bond acceptors (Lipinski definition) is 1. The van der Waals surface area contributed by atoms with Crippen molar-refractivity contribution in [3.63, 3.8) is 0 Å². The molecule has 3 heteroatoms. The van der Waals surface area contributed by atoms with Gasteiger partial charge in [0.05, 0.1) is 0 Å². The van der Waals surface area contributed by atoms with Gasteiger partial charge >= 0.3 is 0 Å². The Morgan fingerprint density at radius 2 is 1.53 bits per heavy atom. The van der Waals surface area contributed by atoms with Gasteiger partial charge in [0.15, 0.2) is 11.6 Å². The smallest absolute Gasteiger partial charge is 0.165 e. The first kappa shape index (κ1) is 13.7. The van der Waals surface area contributed by atoms with Gasteiger partial charge in [-0.2, -0.15) is 0 Å².